The number of anilines is 1. The Morgan fingerprint density at radius 1 is 1.22 bits per heavy atom. The SMILES string of the molecule is CC(=O)c1ccc(SCC(=O)Nc2ccc(I)cc2C)c(F)c1. The molecule has 3 nitrogen and oxygen atoms in total. The molecule has 0 atom stereocenters. The Hall–Kier alpha value is -1.41. The lowest BCUT2D eigenvalue weighted by Gasteiger charge is -2.09. The van der Waals surface area contributed by atoms with Gasteiger partial charge in [0.15, 0.2) is 5.78 Å². The van der Waals surface area contributed by atoms with Crippen molar-refractivity contribution in [1.29, 1.82) is 0 Å². The fourth-order valence-corrected chi connectivity index (χ4v) is 3.30. The summed E-state index contributed by atoms with van der Waals surface area (Å²) in [6.07, 6.45) is 0. The highest BCUT2D eigenvalue weighted by Crippen LogP contribution is 2.24. The zero-order chi connectivity index (χ0) is 17.0. The van der Waals surface area contributed by atoms with Crippen LogP contribution in [0.4, 0.5) is 10.1 Å². The van der Waals surface area contributed by atoms with E-state index >= 15 is 0 Å². The normalized spacial score (nSPS) is 10.4. The van der Waals surface area contributed by atoms with Crippen LogP contribution in [0.15, 0.2) is 41.3 Å². The van der Waals surface area contributed by atoms with E-state index in [0.29, 0.717) is 10.5 Å². The molecule has 0 saturated carbocycles. The second-order valence-corrected chi connectivity index (χ2v) is 7.26. The van der Waals surface area contributed by atoms with Crippen LogP contribution in [0.5, 0.6) is 0 Å². The Labute approximate surface area is 152 Å². The molecule has 1 amide bonds. The first-order chi connectivity index (χ1) is 10.9. The third-order valence-electron chi connectivity index (χ3n) is 3.16. The molecule has 0 radical (unpaired) electrons. The van der Waals surface area contributed by atoms with E-state index in [0.717, 1.165) is 26.6 Å². The zero-order valence-electron chi connectivity index (χ0n) is 12.7. The minimum Gasteiger partial charge on any atom is -0.325 e. The molecule has 0 spiro atoms. The molecular formula is C17H15FINO2S. The molecule has 2 aromatic carbocycles. The Morgan fingerprint density at radius 2 is 1.96 bits per heavy atom. The van der Waals surface area contributed by atoms with Gasteiger partial charge in [-0.15, -0.1) is 11.8 Å². The van der Waals surface area contributed by atoms with Gasteiger partial charge in [-0.2, -0.15) is 0 Å². The van der Waals surface area contributed by atoms with Crippen molar-refractivity contribution in [3.63, 3.8) is 0 Å². The molecule has 0 fully saturated rings. The lowest BCUT2D eigenvalue weighted by Crippen LogP contribution is -2.15. The van der Waals surface area contributed by atoms with Crippen molar-refractivity contribution in [2.45, 2.75) is 18.7 Å². The standard InChI is InChI=1S/C17H15FINO2S/c1-10-7-13(19)4-5-15(10)20-17(22)9-23-16-6-3-12(11(2)21)8-14(16)18/h3-8H,9H2,1-2H3,(H,20,22). The van der Waals surface area contributed by atoms with E-state index in [-0.39, 0.29) is 17.4 Å². The number of halogens is 2. The van der Waals surface area contributed by atoms with Gasteiger partial charge in [-0.3, -0.25) is 9.59 Å². The minimum absolute atomic E-state index is 0.0990. The molecule has 0 saturated heterocycles. The average molecular weight is 443 g/mol. The number of amides is 1. The number of Topliss-reactive ketones (excluding diaryl/α,β-unsaturated/α-hetero) is 1. The number of hydrogen-bond donors (Lipinski definition) is 1. The van der Waals surface area contributed by atoms with Crippen LogP contribution >= 0.6 is 34.4 Å². The molecule has 1 N–H and O–H groups in total. The fraction of sp³-hybridized carbons (Fsp3) is 0.176. The molecule has 23 heavy (non-hydrogen) atoms. The first-order valence-electron chi connectivity index (χ1n) is 6.86. The van der Waals surface area contributed by atoms with Gasteiger partial charge in [0.1, 0.15) is 5.82 Å². The summed E-state index contributed by atoms with van der Waals surface area (Å²) in [7, 11) is 0. The van der Waals surface area contributed by atoms with E-state index in [2.05, 4.69) is 27.9 Å². The van der Waals surface area contributed by atoms with Gasteiger partial charge in [0.2, 0.25) is 5.91 Å². The van der Waals surface area contributed by atoms with E-state index in [9.17, 15) is 14.0 Å². The Kier molecular flexibility index (Phi) is 6.17. The van der Waals surface area contributed by atoms with Crippen molar-refractivity contribution >= 4 is 51.7 Å². The van der Waals surface area contributed by atoms with Crippen LogP contribution in [0, 0.1) is 16.3 Å². The van der Waals surface area contributed by atoms with Crippen molar-refractivity contribution in [3.8, 4) is 0 Å². The fourth-order valence-electron chi connectivity index (χ4n) is 1.93. The molecule has 0 aliphatic heterocycles. The van der Waals surface area contributed by atoms with Crippen molar-refractivity contribution < 1.29 is 14.0 Å². The van der Waals surface area contributed by atoms with E-state index < -0.39 is 5.82 Å². The van der Waals surface area contributed by atoms with Crippen LogP contribution in [0.3, 0.4) is 0 Å². The zero-order valence-corrected chi connectivity index (χ0v) is 15.6. The van der Waals surface area contributed by atoms with Crippen LogP contribution in [-0.4, -0.2) is 17.4 Å². The summed E-state index contributed by atoms with van der Waals surface area (Å²) in [6, 6.07) is 10.0. The van der Waals surface area contributed by atoms with Crippen molar-refractivity contribution in [2.24, 2.45) is 0 Å². The Bertz CT molecular complexity index is 764. The van der Waals surface area contributed by atoms with Crippen molar-refractivity contribution in [3.05, 3.63) is 56.9 Å². The molecule has 2 aromatic rings. The van der Waals surface area contributed by atoms with Crippen LogP contribution in [-0.2, 0) is 4.79 Å². The van der Waals surface area contributed by atoms with Crippen LogP contribution < -0.4 is 5.32 Å². The third-order valence-corrected chi connectivity index (χ3v) is 4.88. The van der Waals surface area contributed by atoms with Crippen molar-refractivity contribution in [1.82, 2.24) is 0 Å². The summed E-state index contributed by atoms with van der Waals surface area (Å²) < 4.78 is 15.0. The van der Waals surface area contributed by atoms with E-state index in [4.69, 9.17) is 0 Å². The summed E-state index contributed by atoms with van der Waals surface area (Å²) in [5, 5.41) is 2.82. The number of thioether (sulfide) groups is 1. The maximum Gasteiger partial charge on any atom is 0.234 e. The second kappa shape index (κ2) is 7.92. The summed E-state index contributed by atoms with van der Waals surface area (Å²) in [6.45, 7) is 3.31. The Balaban J connectivity index is 1.98. The number of carbonyl (C=O) groups is 2. The van der Waals surface area contributed by atoms with Gasteiger partial charge in [-0.25, -0.2) is 4.39 Å². The molecule has 0 aromatic heterocycles. The van der Waals surface area contributed by atoms with Gasteiger partial charge in [-0.05, 0) is 72.3 Å². The van der Waals surface area contributed by atoms with E-state index in [1.54, 1.807) is 6.07 Å². The highest BCUT2D eigenvalue weighted by Gasteiger charge is 2.10. The molecule has 0 unspecified atom stereocenters. The predicted octanol–water partition coefficient (Wildman–Crippen LogP) is 4.67. The maximum atomic E-state index is 13.9. The largest absolute Gasteiger partial charge is 0.325 e. The van der Waals surface area contributed by atoms with Gasteiger partial charge in [0.05, 0.1) is 5.75 Å². The molecule has 0 aliphatic rings. The number of aryl methyl sites for hydroxylation is 1. The molecule has 0 bridgehead atoms. The molecule has 0 heterocycles. The maximum absolute atomic E-state index is 13.9. The number of carbonyl (C=O) groups excluding carboxylic acids is 2. The predicted molar refractivity (Wildman–Crippen MR) is 99.7 cm³/mol. The van der Waals surface area contributed by atoms with Gasteiger partial charge in [-0.1, -0.05) is 6.07 Å². The molecule has 2 rings (SSSR count). The molecule has 0 aliphatic carbocycles. The monoisotopic (exact) mass is 443 g/mol. The number of rotatable bonds is 5. The second-order valence-electron chi connectivity index (χ2n) is 5.00. The molecule has 6 heteroatoms. The lowest BCUT2D eigenvalue weighted by molar-refractivity contribution is -0.113. The van der Waals surface area contributed by atoms with E-state index in [1.165, 1.54) is 19.1 Å². The average Bonchev–Trinajstić information content (AvgIpc) is 2.48. The van der Waals surface area contributed by atoms with E-state index in [1.807, 2.05) is 25.1 Å². The summed E-state index contributed by atoms with van der Waals surface area (Å²) in [5.74, 6) is -0.774. The van der Waals surface area contributed by atoms with Gasteiger partial charge in [0, 0.05) is 19.7 Å². The number of benzene rings is 2. The van der Waals surface area contributed by atoms with Crippen molar-refractivity contribution in [2.75, 3.05) is 11.1 Å². The van der Waals surface area contributed by atoms with Crippen LogP contribution in [0.1, 0.15) is 22.8 Å². The topological polar surface area (TPSA) is 46.2 Å². The summed E-state index contributed by atoms with van der Waals surface area (Å²) in [4.78, 5) is 23.5. The van der Waals surface area contributed by atoms with Crippen LogP contribution in [0.2, 0.25) is 0 Å². The Morgan fingerprint density at radius 3 is 2.57 bits per heavy atom. The highest BCUT2D eigenvalue weighted by molar-refractivity contribution is 14.1. The first kappa shape index (κ1) is 17.9. The van der Waals surface area contributed by atoms with Crippen LogP contribution in [0.25, 0.3) is 0 Å². The van der Waals surface area contributed by atoms with Gasteiger partial charge in [0.25, 0.3) is 0 Å². The highest BCUT2D eigenvalue weighted by atomic mass is 127. The summed E-state index contributed by atoms with van der Waals surface area (Å²) >= 11 is 3.31. The number of ketones is 1. The number of nitrogens with one attached hydrogen (secondary N) is 1. The van der Waals surface area contributed by atoms with Gasteiger partial charge >= 0.3 is 0 Å². The molecular weight excluding hydrogens is 428 g/mol. The smallest absolute Gasteiger partial charge is 0.234 e. The minimum atomic E-state index is -0.485. The lowest BCUT2D eigenvalue weighted by atomic mass is 10.1. The third kappa shape index (κ3) is 5.04. The quantitative estimate of drug-likeness (QED) is 0.415. The molecule has 120 valence electrons. The van der Waals surface area contributed by atoms with Gasteiger partial charge < -0.3 is 5.32 Å². The first-order valence-corrected chi connectivity index (χ1v) is 8.92. The number of hydrogen-bond acceptors (Lipinski definition) is 3. The summed E-state index contributed by atoms with van der Waals surface area (Å²) in [5.41, 5.74) is 2.06.